The topological polar surface area (TPSA) is 88.3 Å². The molecule has 1 aromatic carbocycles. The highest BCUT2D eigenvalue weighted by Crippen LogP contribution is 2.29. The lowest BCUT2D eigenvalue weighted by atomic mass is 10.1. The zero-order chi connectivity index (χ0) is 15.7. The summed E-state index contributed by atoms with van der Waals surface area (Å²) in [6.07, 6.45) is 3.76. The highest BCUT2D eigenvalue weighted by atomic mass is 16.4. The first kappa shape index (κ1) is 14.2. The van der Waals surface area contributed by atoms with Gasteiger partial charge in [-0.3, -0.25) is 9.48 Å². The summed E-state index contributed by atoms with van der Waals surface area (Å²) in [5.74, 6) is -1.11. The maximum absolute atomic E-state index is 12.6. The van der Waals surface area contributed by atoms with E-state index in [1.807, 2.05) is 0 Å². The van der Waals surface area contributed by atoms with E-state index in [4.69, 9.17) is 5.11 Å². The first-order valence-electron chi connectivity index (χ1n) is 7.04. The summed E-state index contributed by atoms with van der Waals surface area (Å²) >= 11 is 0. The highest BCUT2D eigenvalue weighted by molar-refractivity contribution is 5.96. The molecule has 3 rings (SSSR count). The number of carbonyl (C=O) groups is 2. The SMILES string of the molecule is Cn1cc(CN(C(=O)c2ccc(C(=O)O)cc2)C2CC2)nn1. The summed E-state index contributed by atoms with van der Waals surface area (Å²) in [5.41, 5.74) is 1.40. The molecule has 22 heavy (non-hydrogen) atoms. The molecule has 0 radical (unpaired) electrons. The molecular weight excluding hydrogens is 284 g/mol. The lowest BCUT2D eigenvalue weighted by Crippen LogP contribution is -2.32. The number of carboxylic acid groups (broad SMARTS) is 1. The second-order valence-corrected chi connectivity index (χ2v) is 5.43. The predicted molar refractivity (Wildman–Crippen MR) is 77.3 cm³/mol. The number of benzene rings is 1. The van der Waals surface area contributed by atoms with Crippen molar-refractivity contribution in [1.82, 2.24) is 19.9 Å². The minimum atomic E-state index is -1.00. The molecule has 2 aromatic rings. The van der Waals surface area contributed by atoms with Gasteiger partial charge in [0.2, 0.25) is 0 Å². The van der Waals surface area contributed by atoms with E-state index in [1.165, 1.54) is 12.1 Å². The van der Waals surface area contributed by atoms with Gasteiger partial charge in [0.25, 0.3) is 5.91 Å². The van der Waals surface area contributed by atoms with Gasteiger partial charge in [0.1, 0.15) is 5.69 Å². The van der Waals surface area contributed by atoms with Crippen LogP contribution in [0.25, 0.3) is 0 Å². The van der Waals surface area contributed by atoms with E-state index < -0.39 is 5.97 Å². The molecule has 1 amide bonds. The van der Waals surface area contributed by atoms with Crippen molar-refractivity contribution in [3.05, 3.63) is 47.3 Å². The number of carbonyl (C=O) groups excluding carboxylic acids is 1. The number of hydrogen-bond acceptors (Lipinski definition) is 4. The summed E-state index contributed by atoms with van der Waals surface area (Å²) in [7, 11) is 1.78. The summed E-state index contributed by atoms with van der Waals surface area (Å²) in [6, 6.07) is 6.23. The Hall–Kier alpha value is -2.70. The van der Waals surface area contributed by atoms with Gasteiger partial charge >= 0.3 is 5.97 Å². The van der Waals surface area contributed by atoms with Gasteiger partial charge in [0, 0.05) is 24.8 Å². The molecule has 1 saturated carbocycles. The number of hydrogen-bond donors (Lipinski definition) is 1. The molecule has 1 heterocycles. The van der Waals surface area contributed by atoms with Gasteiger partial charge in [-0.25, -0.2) is 4.79 Å². The molecule has 0 atom stereocenters. The summed E-state index contributed by atoms with van der Waals surface area (Å²) < 4.78 is 1.60. The number of amides is 1. The number of nitrogens with zero attached hydrogens (tertiary/aromatic N) is 4. The summed E-state index contributed by atoms with van der Waals surface area (Å²) in [5, 5.41) is 16.8. The van der Waals surface area contributed by atoms with Crippen LogP contribution in [-0.4, -0.2) is 42.9 Å². The van der Waals surface area contributed by atoms with Crippen LogP contribution in [0.1, 0.15) is 39.3 Å². The molecule has 1 N–H and O–H groups in total. The van der Waals surface area contributed by atoms with Crippen LogP contribution in [0.4, 0.5) is 0 Å². The van der Waals surface area contributed by atoms with Gasteiger partial charge in [0.15, 0.2) is 0 Å². The zero-order valence-electron chi connectivity index (χ0n) is 12.1. The molecule has 0 bridgehead atoms. The van der Waals surface area contributed by atoms with E-state index in [0.29, 0.717) is 12.1 Å². The summed E-state index contributed by atoms with van der Waals surface area (Å²) in [6.45, 7) is 0.415. The number of rotatable bonds is 5. The van der Waals surface area contributed by atoms with Crippen LogP contribution in [0.15, 0.2) is 30.5 Å². The van der Waals surface area contributed by atoms with Gasteiger partial charge in [-0.05, 0) is 37.1 Å². The van der Waals surface area contributed by atoms with Crippen LogP contribution < -0.4 is 0 Å². The van der Waals surface area contributed by atoms with Gasteiger partial charge in [0.05, 0.1) is 12.1 Å². The summed E-state index contributed by atoms with van der Waals surface area (Å²) in [4.78, 5) is 25.3. The molecule has 1 aliphatic rings. The second-order valence-electron chi connectivity index (χ2n) is 5.43. The molecule has 0 unspecified atom stereocenters. The van der Waals surface area contributed by atoms with Crippen LogP contribution in [0.5, 0.6) is 0 Å². The van der Waals surface area contributed by atoms with Crippen molar-refractivity contribution in [3.63, 3.8) is 0 Å². The fourth-order valence-electron chi connectivity index (χ4n) is 2.32. The van der Waals surface area contributed by atoms with Crippen LogP contribution in [-0.2, 0) is 13.6 Å². The third kappa shape index (κ3) is 2.98. The highest BCUT2D eigenvalue weighted by Gasteiger charge is 2.33. The second kappa shape index (κ2) is 5.59. The van der Waals surface area contributed by atoms with Gasteiger partial charge in [-0.15, -0.1) is 5.10 Å². The normalized spacial score (nSPS) is 13.9. The van der Waals surface area contributed by atoms with E-state index in [0.717, 1.165) is 18.5 Å². The van der Waals surface area contributed by atoms with E-state index in [-0.39, 0.29) is 17.5 Å². The maximum Gasteiger partial charge on any atom is 0.335 e. The fraction of sp³-hybridized carbons (Fsp3) is 0.333. The average Bonchev–Trinajstić information content (AvgIpc) is 3.27. The molecule has 114 valence electrons. The van der Waals surface area contributed by atoms with Crippen molar-refractivity contribution in [2.45, 2.75) is 25.4 Å². The minimum Gasteiger partial charge on any atom is -0.478 e. The predicted octanol–water partition coefficient (Wildman–Crippen LogP) is 1.32. The van der Waals surface area contributed by atoms with Crippen LogP contribution in [0, 0.1) is 0 Å². The van der Waals surface area contributed by atoms with Crippen molar-refractivity contribution in [3.8, 4) is 0 Å². The third-order valence-electron chi connectivity index (χ3n) is 3.61. The fourth-order valence-corrected chi connectivity index (χ4v) is 2.32. The number of aryl methyl sites for hydroxylation is 1. The molecule has 0 saturated heterocycles. The van der Waals surface area contributed by atoms with Gasteiger partial charge < -0.3 is 10.0 Å². The van der Waals surface area contributed by atoms with Crippen molar-refractivity contribution >= 4 is 11.9 Å². The Bertz CT molecular complexity index is 704. The van der Waals surface area contributed by atoms with Crippen LogP contribution in [0.2, 0.25) is 0 Å². The molecule has 1 aromatic heterocycles. The quantitative estimate of drug-likeness (QED) is 0.899. The van der Waals surface area contributed by atoms with Crippen molar-refractivity contribution in [2.24, 2.45) is 7.05 Å². The Balaban J connectivity index is 1.79. The molecule has 7 nitrogen and oxygen atoms in total. The van der Waals surface area contributed by atoms with E-state index in [1.54, 1.807) is 35.0 Å². The Morgan fingerprint density at radius 3 is 2.41 bits per heavy atom. The first-order valence-corrected chi connectivity index (χ1v) is 7.04. The lowest BCUT2D eigenvalue weighted by Gasteiger charge is -2.21. The molecule has 0 aliphatic heterocycles. The van der Waals surface area contributed by atoms with Crippen LogP contribution in [0.3, 0.4) is 0 Å². The smallest absolute Gasteiger partial charge is 0.335 e. The molecule has 1 aliphatic carbocycles. The number of aromatic nitrogens is 3. The van der Waals surface area contributed by atoms with E-state index >= 15 is 0 Å². The van der Waals surface area contributed by atoms with Crippen molar-refractivity contribution < 1.29 is 14.7 Å². The van der Waals surface area contributed by atoms with E-state index in [9.17, 15) is 9.59 Å². The van der Waals surface area contributed by atoms with E-state index in [2.05, 4.69) is 10.3 Å². The van der Waals surface area contributed by atoms with Crippen molar-refractivity contribution in [1.29, 1.82) is 0 Å². The molecule has 7 heteroatoms. The zero-order valence-corrected chi connectivity index (χ0v) is 12.1. The van der Waals surface area contributed by atoms with Gasteiger partial charge in [-0.1, -0.05) is 5.21 Å². The number of carboxylic acids is 1. The Morgan fingerprint density at radius 1 is 1.27 bits per heavy atom. The van der Waals surface area contributed by atoms with Crippen molar-refractivity contribution in [2.75, 3.05) is 0 Å². The minimum absolute atomic E-state index is 0.106. The monoisotopic (exact) mass is 300 g/mol. The maximum atomic E-state index is 12.6. The Morgan fingerprint density at radius 2 is 1.91 bits per heavy atom. The standard InChI is InChI=1S/C15H16N4O3/c1-18-8-12(16-17-18)9-19(13-6-7-13)14(20)10-2-4-11(5-3-10)15(21)22/h2-5,8,13H,6-7,9H2,1H3,(H,21,22). The lowest BCUT2D eigenvalue weighted by molar-refractivity contribution is 0.0691. The largest absolute Gasteiger partial charge is 0.478 e. The van der Waals surface area contributed by atoms with Gasteiger partial charge in [-0.2, -0.15) is 0 Å². The average molecular weight is 300 g/mol. The molecule has 1 fully saturated rings. The number of aromatic carboxylic acids is 1. The molecular formula is C15H16N4O3. The first-order chi connectivity index (χ1) is 10.5. The molecule has 0 spiro atoms. The Labute approximate surface area is 127 Å². The van der Waals surface area contributed by atoms with Crippen LogP contribution >= 0.6 is 0 Å². The third-order valence-corrected chi connectivity index (χ3v) is 3.61. The Kier molecular flexibility index (Phi) is 3.62.